The molecule has 0 amide bonds. The first-order valence-electron chi connectivity index (χ1n) is 15.3. The van der Waals surface area contributed by atoms with Crippen LogP contribution in [0.1, 0.15) is 39.8 Å². The first-order chi connectivity index (χ1) is 22.9. The molecule has 0 N–H and O–H groups in total. The summed E-state index contributed by atoms with van der Waals surface area (Å²) in [4.78, 5) is 6.73. The van der Waals surface area contributed by atoms with E-state index in [1.807, 2.05) is 19.2 Å². The Labute approximate surface area is 276 Å². The lowest BCUT2D eigenvalue weighted by molar-refractivity contribution is -0.143. The van der Waals surface area contributed by atoms with Crippen molar-refractivity contribution >= 4 is 11.5 Å². The van der Waals surface area contributed by atoms with Crippen LogP contribution in [-0.4, -0.2) is 76.9 Å². The standard InChI is InChI=1S/C32H34F9N7O/c1-45-8-10-47(11-9-45)17-20-4-7-28(49-3)27(14-20)26-6-5-23(30(33,34)35)15-22(26)19-48(29-42-44-46(2)43-29)18-21-12-24(31(36,37)38)16-25(13-21)32(39,40)41/h5-7,12-16,20H,4,8-11,17-19H2,1-3H3. The number of halogens is 9. The molecule has 2 heterocycles. The van der Waals surface area contributed by atoms with Crippen molar-refractivity contribution in [2.45, 2.75) is 38.0 Å². The van der Waals surface area contributed by atoms with Gasteiger partial charge in [-0.25, -0.2) is 0 Å². The molecule has 1 aliphatic heterocycles. The van der Waals surface area contributed by atoms with Gasteiger partial charge in [0, 0.05) is 51.4 Å². The van der Waals surface area contributed by atoms with Gasteiger partial charge in [-0.2, -0.15) is 44.3 Å². The van der Waals surface area contributed by atoms with Gasteiger partial charge in [0.25, 0.3) is 5.95 Å². The molecule has 1 aliphatic carbocycles. The predicted octanol–water partition coefficient (Wildman–Crippen LogP) is 6.65. The quantitative estimate of drug-likeness (QED) is 0.231. The fourth-order valence-corrected chi connectivity index (χ4v) is 5.96. The molecule has 266 valence electrons. The fourth-order valence-electron chi connectivity index (χ4n) is 5.96. The van der Waals surface area contributed by atoms with Crippen LogP contribution in [0, 0.1) is 5.92 Å². The minimum Gasteiger partial charge on any atom is -0.496 e. The van der Waals surface area contributed by atoms with Gasteiger partial charge in [0.1, 0.15) is 5.76 Å². The lowest BCUT2D eigenvalue weighted by Gasteiger charge is -2.35. The van der Waals surface area contributed by atoms with Crippen LogP contribution in [0.15, 0.2) is 54.3 Å². The van der Waals surface area contributed by atoms with Crippen molar-refractivity contribution in [3.63, 3.8) is 0 Å². The van der Waals surface area contributed by atoms with Crippen molar-refractivity contribution in [2.75, 3.05) is 51.8 Å². The van der Waals surface area contributed by atoms with E-state index >= 15 is 0 Å². The molecule has 0 saturated carbocycles. The van der Waals surface area contributed by atoms with Crippen molar-refractivity contribution in [1.82, 2.24) is 30.0 Å². The SMILES string of the molecule is COC1=CCC(CN2CCN(C)CC2)C=C1c1ccc(C(F)(F)F)cc1CN(Cc1cc(C(F)(F)F)cc(C(F)(F)F)c1)c1nnn(C)n1. The molecule has 0 spiro atoms. The zero-order valence-electron chi connectivity index (χ0n) is 26.8. The molecule has 5 rings (SSSR count). The van der Waals surface area contributed by atoms with Crippen molar-refractivity contribution in [1.29, 1.82) is 0 Å². The molecule has 1 aromatic heterocycles. The van der Waals surface area contributed by atoms with Crippen LogP contribution in [0.25, 0.3) is 5.57 Å². The highest BCUT2D eigenvalue weighted by atomic mass is 19.4. The molecule has 1 saturated heterocycles. The Morgan fingerprint density at radius 1 is 0.816 bits per heavy atom. The summed E-state index contributed by atoms with van der Waals surface area (Å²) in [6, 6.07) is 4.25. The van der Waals surface area contributed by atoms with E-state index in [-0.39, 0.29) is 23.5 Å². The van der Waals surface area contributed by atoms with E-state index in [0.717, 1.165) is 43.1 Å². The van der Waals surface area contributed by atoms with Gasteiger partial charge in [0.05, 0.1) is 30.8 Å². The molecular weight excluding hydrogens is 669 g/mol. The smallest absolute Gasteiger partial charge is 0.416 e. The lowest BCUT2D eigenvalue weighted by Crippen LogP contribution is -2.46. The molecule has 1 unspecified atom stereocenters. The fraction of sp³-hybridized carbons (Fsp3) is 0.469. The molecule has 1 fully saturated rings. The largest absolute Gasteiger partial charge is 0.496 e. The van der Waals surface area contributed by atoms with Crippen LogP contribution in [-0.2, 0) is 43.4 Å². The number of allylic oxidation sites excluding steroid dienone is 2. The van der Waals surface area contributed by atoms with E-state index in [0.29, 0.717) is 42.0 Å². The molecule has 0 bridgehead atoms. The maximum absolute atomic E-state index is 14.0. The summed E-state index contributed by atoms with van der Waals surface area (Å²) in [7, 11) is 4.86. The third-order valence-corrected chi connectivity index (χ3v) is 8.47. The van der Waals surface area contributed by atoms with E-state index in [9.17, 15) is 39.5 Å². The normalized spacial score (nSPS) is 18.3. The zero-order chi connectivity index (χ0) is 35.7. The lowest BCUT2D eigenvalue weighted by atomic mass is 9.87. The Bertz CT molecular complexity index is 1650. The molecule has 2 aliphatic rings. The number of aryl methyl sites for hydroxylation is 1. The number of benzene rings is 2. The number of tetrazole rings is 1. The second kappa shape index (κ2) is 14.0. The number of likely N-dealkylation sites (N-methyl/N-ethyl adjacent to an activating group) is 1. The van der Waals surface area contributed by atoms with Crippen LogP contribution >= 0.6 is 0 Å². The van der Waals surface area contributed by atoms with Gasteiger partial charge in [0.15, 0.2) is 0 Å². The summed E-state index contributed by atoms with van der Waals surface area (Å²) in [6.45, 7) is 3.16. The Morgan fingerprint density at radius 3 is 2.00 bits per heavy atom. The third kappa shape index (κ3) is 8.92. The Hall–Kier alpha value is -4.12. The van der Waals surface area contributed by atoms with Crippen molar-refractivity contribution in [2.24, 2.45) is 13.0 Å². The highest BCUT2D eigenvalue weighted by molar-refractivity contribution is 5.80. The third-order valence-electron chi connectivity index (χ3n) is 8.47. The number of piperazine rings is 1. The molecule has 1 atom stereocenters. The predicted molar refractivity (Wildman–Crippen MR) is 162 cm³/mol. The molecule has 3 aromatic rings. The van der Waals surface area contributed by atoms with Gasteiger partial charge in [-0.05, 0) is 77.7 Å². The second-order valence-electron chi connectivity index (χ2n) is 12.2. The summed E-state index contributed by atoms with van der Waals surface area (Å²) < 4.78 is 130. The molecule has 17 heteroatoms. The maximum Gasteiger partial charge on any atom is 0.416 e. The van der Waals surface area contributed by atoms with E-state index in [1.54, 1.807) is 0 Å². The average Bonchev–Trinajstić information content (AvgIpc) is 3.46. The number of alkyl halides is 9. The number of nitrogens with zero attached hydrogens (tertiary/aromatic N) is 7. The van der Waals surface area contributed by atoms with E-state index in [1.165, 1.54) is 25.1 Å². The molecular formula is C32H34F9N7O. The van der Waals surface area contributed by atoms with E-state index in [2.05, 4.69) is 25.2 Å². The van der Waals surface area contributed by atoms with Crippen LogP contribution in [0.3, 0.4) is 0 Å². The summed E-state index contributed by atoms with van der Waals surface area (Å²) >= 11 is 0. The van der Waals surface area contributed by atoms with Gasteiger partial charge in [0.2, 0.25) is 0 Å². The monoisotopic (exact) mass is 703 g/mol. The summed E-state index contributed by atoms with van der Waals surface area (Å²) in [5.41, 5.74) is -3.54. The van der Waals surface area contributed by atoms with Crippen LogP contribution in [0.2, 0.25) is 0 Å². The van der Waals surface area contributed by atoms with Gasteiger partial charge in [-0.3, -0.25) is 0 Å². The summed E-state index contributed by atoms with van der Waals surface area (Å²) in [5, 5.41) is 11.7. The van der Waals surface area contributed by atoms with Gasteiger partial charge < -0.3 is 19.4 Å². The van der Waals surface area contributed by atoms with Gasteiger partial charge in [-0.15, -0.1) is 5.10 Å². The van der Waals surface area contributed by atoms with E-state index in [4.69, 9.17) is 4.74 Å². The minimum absolute atomic E-state index is 0.00361. The summed E-state index contributed by atoms with van der Waals surface area (Å²) in [5.74, 6) is 0.202. The number of ether oxygens (including phenoxy) is 1. The number of hydrogen-bond acceptors (Lipinski definition) is 7. The minimum atomic E-state index is -5.10. The maximum atomic E-state index is 14.0. The van der Waals surface area contributed by atoms with Crippen molar-refractivity contribution < 1.29 is 44.3 Å². The number of aromatic nitrogens is 4. The number of methoxy groups -OCH3 is 1. The molecule has 49 heavy (non-hydrogen) atoms. The van der Waals surface area contributed by atoms with Crippen LogP contribution in [0.4, 0.5) is 45.5 Å². The molecule has 2 aromatic carbocycles. The Morgan fingerprint density at radius 2 is 1.45 bits per heavy atom. The number of rotatable bonds is 9. The Kier molecular flexibility index (Phi) is 10.3. The van der Waals surface area contributed by atoms with Crippen molar-refractivity contribution in [3.05, 3.63) is 87.7 Å². The highest BCUT2D eigenvalue weighted by Gasteiger charge is 2.37. The number of hydrogen-bond donors (Lipinski definition) is 0. The van der Waals surface area contributed by atoms with Crippen LogP contribution in [0.5, 0.6) is 0 Å². The summed E-state index contributed by atoms with van der Waals surface area (Å²) in [6.07, 6.45) is -10.5. The first-order valence-corrected chi connectivity index (χ1v) is 15.3. The van der Waals surface area contributed by atoms with Crippen molar-refractivity contribution in [3.8, 4) is 0 Å². The molecule has 8 nitrogen and oxygen atoms in total. The van der Waals surface area contributed by atoms with Gasteiger partial charge in [-0.1, -0.05) is 17.2 Å². The second-order valence-corrected chi connectivity index (χ2v) is 12.2. The first kappa shape index (κ1) is 36.2. The molecule has 0 radical (unpaired) electrons. The van der Waals surface area contributed by atoms with Gasteiger partial charge >= 0.3 is 18.5 Å². The van der Waals surface area contributed by atoms with E-state index < -0.39 is 53.9 Å². The Balaban J connectivity index is 1.58. The highest BCUT2D eigenvalue weighted by Crippen LogP contribution is 2.39. The zero-order valence-corrected chi connectivity index (χ0v) is 26.8. The number of anilines is 1. The topological polar surface area (TPSA) is 62.6 Å². The van der Waals surface area contributed by atoms with Crippen LogP contribution < -0.4 is 4.90 Å². The average molecular weight is 704 g/mol.